The van der Waals surface area contributed by atoms with E-state index in [1.54, 1.807) is 36.4 Å². The smallest absolute Gasteiger partial charge is 0.303 e. The molecule has 30 heavy (non-hydrogen) atoms. The van der Waals surface area contributed by atoms with Gasteiger partial charge in [0.2, 0.25) is 15.9 Å². The first kappa shape index (κ1) is 21.3. The standard InChI is InChI=1S/C20H21N3O6S/c1-30(28,29)22-16-8-3-2-7-15(16)17-12-18(13-5-4-6-14(24)11-13)23(21-17)19(25)9-10-20(26)27/h2-8,11,18,22,24H,9-10,12H2,1H3,(H,26,27). The molecule has 0 saturated carbocycles. The van der Waals surface area contributed by atoms with Crippen LogP contribution in [-0.4, -0.2) is 47.5 Å². The Bertz CT molecular complexity index is 1110. The number of anilines is 1. The van der Waals surface area contributed by atoms with Crippen LogP contribution in [0.5, 0.6) is 5.75 Å². The van der Waals surface area contributed by atoms with Crippen LogP contribution in [0.1, 0.15) is 36.4 Å². The summed E-state index contributed by atoms with van der Waals surface area (Å²) in [5.41, 5.74) is 1.94. The second-order valence-corrected chi connectivity index (χ2v) is 8.66. The Balaban J connectivity index is 1.99. The molecule has 1 heterocycles. The van der Waals surface area contributed by atoms with E-state index in [2.05, 4.69) is 9.82 Å². The summed E-state index contributed by atoms with van der Waals surface area (Å²) in [5, 5.41) is 24.3. The number of nitrogens with one attached hydrogen (secondary N) is 1. The molecule has 0 aromatic heterocycles. The zero-order chi connectivity index (χ0) is 21.9. The zero-order valence-corrected chi connectivity index (χ0v) is 17.0. The minimum atomic E-state index is -3.53. The Labute approximate surface area is 173 Å². The van der Waals surface area contributed by atoms with E-state index in [0.717, 1.165) is 6.26 Å². The predicted molar refractivity (Wildman–Crippen MR) is 111 cm³/mol. The number of nitrogens with zero attached hydrogens (tertiary/aromatic N) is 2. The van der Waals surface area contributed by atoms with Gasteiger partial charge in [-0.15, -0.1) is 0 Å². The highest BCUT2D eigenvalue weighted by atomic mass is 32.2. The van der Waals surface area contributed by atoms with E-state index in [0.29, 0.717) is 22.5 Å². The van der Waals surface area contributed by atoms with Crippen molar-refractivity contribution in [2.24, 2.45) is 5.10 Å². The predicted octanol–water partition coefficient (Wildman–Crippen LogP) is 2.31. The number of sulfonamides is 1. The molecule has 0 aliphatic carbocycles. The Morgan fingerprint density at radius 3 is 2.57 bits per heavy atom. The van der Waals surface area contributed by atoms with E-state index in [-0.39, 0.29) is 25.0 Å². The van der Waals surface area contributed by atoms with E-state index in [9.17, 15) is 23.1 Å². The molecule has 1 atom stereocenters. The Kier molecular flexibility index (Phi) is 6.06. The maximum atomic E-state index is 12.7. The van der Waals surface area contributed by atoms with Crippen LogP contribution in [0.4, 0.5) is 5.69 Å². The van der Waals surface area contributed by atoms with Crippen molar-refractivity contribution in [1.29, 1.82) is 0 Å². The average Bonchev–Trinajstić information content (AvgIpc) is 3.10. The van der Waals surface area contributed by atoms with Crippen LogP contribution in [-0.2, 0) is 19.6 Å². The highest BCUT2D eigenvalue weighted by Gasteiger charge is 2.34. The van der Waals surface area contributed by atoms with Gasteiger partial charge in [0.15, 0.2) is 0 Å². The number of phenols is 1. The van der Waals surface area contributed by atoms with Crippen molar-refractivity contribution in [3.63, 3.8) is 0 Å². The summed E-state index contributed by atoms with van der Waals surface area (Å²) < 4.78 is 25.9. The number of carboxylic acid groups (broad SMARTS) is 1. The SMILES string of the molecule is CS(=O)(=O)Nc1ccccc1C1=NN(C(=O)CCC(=O)O)C(c2cccc(O)c2)C1. The van der Waals surface area contributed by atoms with Crippen LogP contribution >= 0.6 is 0 Å². The molecule has 1 amide bonds. The van der Waals surface area contributed by atoms with Gasteiger partial charge in [-0.3, -0.25) is 14.3 Å². The van der Waals surface area contributed by atoms with Gasteiger partial charge in [0, 0.05) is 18.4 Å². The van der Waals surface area contributed by atoms with Crippen LogP contribution in [0.25, 0.3) is 0 Å². The molecule has 158 valence electrons. The molecule has 3 rings (SSSR count). The van der Waals surface area contributed by atoms with E-state index >= 15 is 0 Å². The highest BCUT2D eigenvalue weighted by molar-refractivity contribution is 7.92. The van der Waals surface area contributed by atoms with Gasteiger partial charge in [-0.25, -0.2) is 13.4 Å². The molecule has 10 heteroatoms. The van der Waals surface area contributed by atoms with Crippen LogP contribution in [0.15, 0.2) is 53.6 Å². The third-order valence-corrected chi connectivity index (χ3v) is 5.10. The first-order chi connectivity index (χ1) is 14.1. The second kappa shape index (κ2) is 8.54. The molecule has 2 aromatic rings. The number of carboxylic acids is 1. The fourth-order valence-corrected chi connectivity index (χ4v) is 3.82. The van der Waals surface area contributed by atoms with E-state index < -0.39 is 27.9 Å². The minimum absolute atomic E-state index is 0.0260. The van der Waals surface area contributed by atoms with Gasteiger partial charge in [-0.1, -0.05) is 30.3 Å². The monoisotopic (exact) mass is 431 g/mol. The lowest BCUT2D eigenvalue weighted by Gasteiger charge is -2.22. The number of hydrogen-bond acceptors (Lipinski definition) is 6. The fraction of sp³-hybridized carbons (Fsp3) is 0.250. The third-order valence-electron chi connectivity index (χ3n) is 4.51. The first-order valence-corrected chi connectivity index (χ1v) is 11.0. The summed E-state index contributed by atoms with van der Waals surface area (Å²) >= 11 is 0. The van der Waals surface area contributed by atoms with E-state index in [4.69, 9.17) is 5.11 Å². The van der Waals surface area contributed by atoms with Crippen molar-refractivity contribution in [2.45, 2.75) is 25.3 Å². The summed E-state index contributed by atoms with van der Waals surface area (Å²) in [4.78, 5) is 23.6. The van der Waals surface area contributed by atoms with E-state index in [1.165, 1.54) is 17.1 Å². The summed E-state index contributed by atoms with van der Waals surface area (Å²) in [6.45, 7) is 0. The Morgan fingerprint density at radius 2 is 1.90 bits per heavy atom. The minimum Gasteiger partial charge on any atom is -0.508 e. The largest absolute Gasteiger partial charge is 0.508 e. The van der Waals surface area contributed by atoms with Crippen molar-refractivity contribution in [2.75, 3.05) is 11.0 Å². The van der Waals surface area contributed by atoms with Gasteiger partial charge >= 0.3 is 5.97 Å². The number of carbonyl (C=O) groups excluding carboxylic acids is 1. The molecule has 1 aliphatic heterocycles. The second-order valence-electron chi connectivity index (χ2n) is 6.91. The Hall–Kier alpha value is -3.40. The van der Waals surface area contributed by atoms with E-state index in [1.807, 2.05) is 0 Å². The molecule has 1 aliphatic rings. The number of para-hydroxylation sites is 1. The number of carbonyl (C=O) groups is 2. The van der Waals surface area contributed by atoms with Gasteiger partial charge in [0.1, 0.15) is 5.75 Å². The number of aromatic hydroxyl groups is 1. The van der Waals surface area contributed by atoms with Gasteiger partial charge < -0.3 is 10.2 Å². The zero-order valence-electron chi connectivity index (χ0n) is 16.1. The normalized spacial score (nSPS) is 16.2. The van der Waals surface area contributed by atoms with Crippen molar-refractivity contribution in [3.8, 4) is 5.75 Å². The van der Waals surface area contributed by atoms with Crippen molar-refractivity contribution >= 4 is 33.3 Å². The van der Waals surface area contributed by atoms with Crippen LogP contribution in [0.2, 0.25) is 0 Å². The number of hydrogen-bond donors (Lipinski definition) is 3. The molecule has 2 aromatic carbocycles. The molecule has 0 radical (unpaired) electrons. The number of benzene rings is 2. The number of hydrazone groups is 1. The fourth-order valence-electron chi connectivity index (χ4n) is 3.25. The van der Waals surface area contributed by atoms with Crippen molar-refractivity contribution in [1.82, 2.24) is 5.01 Å². The topological polar surface area (TPSA) is 136 Å². The van der Waals surface area contributed by atoms with Gasteiger partial charge in [0.25, 0.3) is 0 Å². The molecule has 0 spiro atoms. The summed E-state index contributed by atoms with van der Waals surface area (Å²) in [7, 11) is -3.53. The average molecular weight is 431 g/mol. The van der Waals surface area contributed by atoms with Gasteiger partial charge in [-0.2, -0.15) is 5.10 Å². The maximum absolute atomic E-state index is 12.7. The number of phenolic OH excluding ortho intramolecular Hbond substituents is 1. The third kappa shape index (κ3) is 5.15. The number of amides is 1. The first-order valence-electron chi connectivity index (χ1n) is 9.11. The number of aliphatic carboxylic acids is 1. The van der Waals surface area contributed by atoms with Crippen molar-refractivity contribution < 1.29 is 28.2 Å². The molecular weight excluding hydrogens is 410 g/mol. The van der Waals surface area contributed by atoms with Crippen LogP contribution in [0.3, 0.4) is 0 Å². The van der Waals surface area contributed by atoms with Crippen LogP contribution < -0.4 is 4.72 Å². The number of rotatable bonds is 7. The van der Waals surface area contributed by atoms with Crippen LogP contribution in [0, 0.1) is 0 Å². The lowest BCUT2D eigenvalue weighted by molar-refractivity contribution is -0.141. The molecule has 0 bridgehead atoms. The lowest BCUT2D eigenvalue weighted by Crippen LogP contribution is -2.27. The quantitative estimate of drug-likeness (QED) is 0.615. The summed E-state index contributed by atoms with van der Waals surface area (Å²) in [6.07, 6.45) is 0.742. The molecule has 3 N–H and O–H groups in total. The highest BCUT2D eigenvalue weighted by Crippen LogP contribution is 2.36. The van der Waals surface area contributed by atoms with Gasteiger partial charge in [-0.05, 0) is 23.8 Å². The summed E-state index contributed by atoms with van der Waals surface area (Å²) in [5.74, 6) is -1.55. The Morgan fingerprint density at radius 1 is 1.17 bits per heavy atom. The molecule has 0 saturated heterocycles. The molecule has 0 fully saturated rings. The maximum Gasteiger partial charge on any atom is 0.303 e. The lowest BCUT2D eigenvalue weighted by atomic mass is 9.97. The summed E-state index contributed by atoms with van der Waals surface area (Å²) in [6, 6.07) is 12.5. The molecule has 1 unspecified atom stereocenters. The molecular formula is C20H21N3O6S. The molecule has 9 nitrogen and oxygen atoms in total. The van der Waals surface area contributed by atoms with Crippen molar-refractivity contribution in [3.05, 3.63) is 59.7 Å². The van der Waals surface area contributed by atoms with Gasteiger partial charge in [0.05, 0.1) is 30.1 Å².